The summed E-state index contributed by atoms with van der Waals surface area (Å²) in [4.78, 5) is 12.8. The fourth-order valence-electron chi connectivity index (χ4n) is 3.74. The molecule has 1 saturated heterocycles. The van der Waals surface area contributed by atoms with Crippen LogP contribution < -0.4 is 5.43 Å². The Morgan fingerprint density at radius 3 is 2.22 bits per heavy atom. The summed E-state index contributed by atoms with van der Waals surface area (Å²) in [6, 6.07) is 5.73. The number of ether oxygens (including phenoxy) is 1. The largest absolute Gasteiger partial charge is 0.507 e. The van der Waals surface area contributed by atoms with E-state index in [2.05, 4.69) is 0 Å². The van der Waals surface area contributed by atoms with Gasteiger partial charge in [0.05, 0.1) is 12.2 Å². The number of hydrogen-bond donors (Lipinski definition) is 8. The molecule has 0 radical (unpaired) electrons. The summed E-state index contributed by atoms with van der Waals surface area (Å²) in [7, 11) is 0. The zero-order valence-electron chi connectivity index (χ0n) is 16.3. The number of phenolic OH excluding ortho intramolecular Hbond substituents is 4. The first-order valence-electron chi connectivity index (χ1n) is 9.49. The van der Waals surface area contributed by atoms with Crippen LogP contribution in [-0.2, 0) is 4.74 Å². The highest BCUT2D eigenvalue weighted by atomic mass is 16.5. The van der Waals surface area contributed by atoms with E-state index in [9.17, 15) is 45.6 Å². The van der Waals surface area contributed by atoms with E-state index < -0.39 is 65.4 Å². The third-order valence-electron chi connectivity index (χ3n) is 5.45. The lowest BCUT2D eigenvalue weighted by Gasteiger charge is -2.40. The van der Waals surface area contributed by atoms with E-state index >= 15 is 0 Å². The Hall–Kier alpha value is -3.35. The van der Waals surface area contributed by atoms with Gasteiger partial charge in [0, 0.05) is 17.7 Å². The predicted octanol–water partition coefficient (Wildman–Crippen LogP) is -0.203. The molecule has 0 saturated carbocycles. The summed E-state index contributed by atoms with van der Waals surface area (Å²) < 4.78 is 11.0. The van der Waals surface area contributed by atoms with Crippen LogP contribution in [0.3, 0.4) is 0 Å². The molecular weight excluding hydrogens is 428 g/mol. The Labute approximate surface area is 179 Å². The Bertz CT molecular complexity index is 1230. The minimum atomic E-state index is -1.80. The monoisotopic (exact) mass is 448 g/mol. The summed E-state index contributed by atoms with van der Waals surface area (Å²) in [6.45, 7) is -0.721. The second kappa shape index (κ2) is 7.97. The molecule has 0 aliphatic carbocycles. The van der Waals surface area contributed by atoms with E-state index in [1.54, 1.807) is 0 Å². The molecule has 2 heterocycles. The summed E-state index contributed by atoms with van der Waals surface area (Å²) in [5.74, 6) is -2.28. The van der Waals surface area contributed by atoms with Crippen LogP contribution in [0.4, 0.5) is 0 Å². The number of aliphatic hydroxyl groups is 4. The number of fused-ring (bicyclic) bond motifs is 1. The van der Waals surface area contributed by atoms with E-state index in [0.29, 0.717) is 0 Å². The zero-order chi connectivity index (χ0) is 23.3. The molecule has 0 unspecified atom stereocenters. The van der Waals surface area contributed by atoms with Crippen LogP contribution >= 0.6 is 0 Å². The molecule has 0 spiro atoms. The first-order chi connectivity index (χ1) is 15.1. The van der Waals surface area contributed by atoms with E-state index in [1.807, 2.05) is 0 Å². The van der Waals surface area contributed by atoms with Gasteiger partial charge in [-0.25, -0.2) is 0 Å². The lowest BCUT2D eigenvalue weighted by molar-refractivity contribution is -0.232. The molecule has 11 heteroatoms. The molecule has 1 aromatic heterocycles. The second-order valence-corrected chi connectivity index (χ2v) is 7.46. The molecule has 1 fully saturated rings. The molecule has 32 heavy (non-hydrogen) atoms. The normalized spacial score (nSPS) is 25.8. The fourth-order valence-corrected chi connectivity index (χ4v) is 3.74. The topological polar surface area (TPSA) is 201 Å². The summed E-state index contributed by atoms with van der Waals surface area (Å²) in [5, 5.41) is 79.6. The minimum absolute atomic E-state index is 0.0304. The van der Waals surface area contributed by atoms with Crippen LogP contribution in [0.2, 0.25) is 0 Å². The van der Waals surface area contributed by atoms with Gasteiger partial charge in [0.1, 0.15) is 58.7 Å². The van der Waals surface area contributed by atoms with Crippen molar-refractivity contribution in [2.24, 2.45) is 0 Å². The van der Waals surface area contributed by atoms with E-state index in [1.165, 1.54) is 12.1 Å². The van der Waals surface area contributed by atoms with Gasteiger partial charge in [-0.1, -0.05) is 0 Å². The lowest BCUT2D eigenvalue weighted by Crippen LogP contribution is -2.55. The van der Waals surface area contributed by atoms with Crippen molar-refractivity contribution < 1.29 is 50.0 Å². The Morgan fingerprint density at radius 2 is 1.56 bits per heavy atom. The smallest absolute Gasteiger partial charge is 0.197 e. The maximum Gasteiger partial charge on any atom is 0.197 e. The average molecular weight is 448 g/mol. The molecule has 3 aromatic rings. The summed E-state index contributed by atoms with van der Waals surface area (Å²) >= 11 is 0. The molecule has 170 valence electrons. The van der Waals surface area contributed by atoms with Gasteiger partial charge in [0.25, 0.3) is 0 Å². The van der Waals surface area contributed by atoms with Crippen LogP contribution in [-0.4, -0.2) is 71.9 Å². The number of hydrogen-bond acceptors (Lipinski definition) is 11. The van der Waals surface area contributed by atoms with Crippen molar-refractivity contribution in [2.75, 3.05) is 6.61 Å². The fraction of sp³-hybridized carbons (Fsp3) is 0.286. The standard InChI is InChI=1S/C21H20O11/c22-6-14-17(27)19(29)20(30)21(32-14)16-11(26)5-13-15(18(16)28)10(25)4-12(31-13)7-1-2-8(23)9(24)3-7/h1-5,14,17,19-24,26-30H,6H2/t14-,17-,19-,20+,21+/m1/s1. The number of aromatic hydroxyl groups is 4. The molecule has 11 nitrogen and oxygen atoms in total. The zero-order valence-corrected chi connectivity index (χ0v) is 16.3. The van der Waals surface area contributed by atoms with Crippen molar-refractivity contribution in [3.63, 3.8) is 0 Å². The molecular formula is C21H20O11. The van der Waals surface area contributed by atoms with Crippen molar-refractivity contribution >= 4 is 11.0 Å². The van der Waals surface area contributed by atoms with Crippen LogP contribution in [0.15, 0.2) is 39.5 Å². The van der Waals surface area contributed by atoms with Crippen molar-refractivity contribution in [3.8, 4) is 34.3 Å². The maximum absolute atomic E-state index is 12.8. The molecule has 0 amide bonds. The third kappa shape index (κ3) is 3.42. The lowest BCUT2D eigenvalue weighted by atomic mass is 9.89. The SMILES string of the molecule is O=c1cc(-c2ccc(O)c(O)c2)oc2cc(O)c([C@@H]3O[C@H](CO)[C@@H](O)[C@@H](O)[C@@H]3O)c(O)c12. The van der Waals surface area contributed by atoms with Gasteiger partial charge in [-0.3, -0.25) is 4.79 Å². The maximum atomic E-state index is 12.8. The molecule has 4 rings (SSSR count). The van der Waals surface area contributed by atoms with E-state index in [4.69, 9.17) is 9.15 Å². The Balaban J connectivity index is 1.86. The van der Waals surface area contributed by atoms with E-state index in [-0.39, 0.29) is 28.0 Å². The summed E-state index contributed by atoms with van der Waals surface area (Å²) in [6.07, 6.45) is -8.09. The van der Waals surface area contributed by atoms with Gasteiger partial charge in [-0.15, -0.1) is 0 Å². The van der Waals surface area contributed by atoms with Crippen LogP contribution in [0.25, 0.3) is 22.3 Å². The first-order valence-corrected chi connectivity index (χ1v) is 9.49. The van der Waals surface area contributed by atoms with E-state index in [0.717, 1.165) is 18.2 Å². The quantitative estimate of drug-likeness (QED) is 0.247. The molecule has 2 aromatic carbocycles. The van der Waals surface area contributed by atoms with Gasteiger partial charge in [0.2, 0.25) is 0 Å². The first kappa shape index (κ1) is 21.9. The molecule has 5 atom stereocenters. The highest BCUT2D eigenvalue weighted by Gasteiger charge is 2.46. The molecule has 8 N–H and O–H groups in total. The van der Waals surface area contributed by atoms with Crippen molar-refractivity contribution in [3.05, 3.63) is 46.1 Å². The van der Waals surface area contributed by atoms with Gasteiger partial charge in [-0.2, -0.15) is 0 Å². The Morgan fingerprint density at radius 1 is 0.844 bits per heavy atom. The highest BCUT2D eigenvalue weighted by molar-refractivity contribution is 5.88. The van der Waals surface area contributed by atoms with Gasteiger partial charge < -0.3 is 50.0 Å². The molecule has 1 aliphatic rings. The van der Waals surface area contributed by atoms with Crippen LogP contribution in [0.5, 0.6) is 23.0 Å². The molecule has 1 aliphatic heterocycles. The van der Waals surface area contributed by atoms with Crippen molar-refractivity contribution in [1.29, 1.82) is 0 Å². The van der Waals surface area contributed by atoms with Gasteiger partial charge in [-0.05, 0) is 18.2 Å². The summed E-state index contributed by atoms with van der Waals surface area (Å²) in [5.41, 5.74) is -1.17. The second-order valence-electron chi connectivity index (χ2n) is 7.46. The molecule has 0 bridgehead atoms. The van der Waals surface area contributed by atoms with Gasteiger partial charge in [0.15, 0.2) is 16.9 Å². The van der Waals surface area contributed by atoms with Crippen molar-refractivity contribution in [1.82, 2.24) is 0 Å². The highest BCUT2D eigenvalue weighted by Crippen LogP contribution is 2.44. The average Bonchev–Trinajstić information content (AvgIpc) is 2.74. The van der Waals surface area contributed by atoms with Crippen LogP contribution in [0.1, 0.15) is 11.7 Å². The minimum Gasteiger partial charge on any atom is -0.507 e. The number of benzene rings is 2. The third-order valence-corrected chi connectivity index (χ3v) is 5.45. The van der Waals surface area contributed by atoms with Crippen molar-refractivity contribution in [2.45, 2.75) is 30.5 Å². The number of phenols is 4. The van der Waals surface area contributed by atoms with Crippen LogP contribution in [0, 0.1) is 0 Å². The number of aliphatic hydroxyl groups excluding tert-OH is 4. The Kier molecular flexibility index (Phi) is 5.44. The van der Waals surface area contributed by atoms with Gasteiger partial charge >= 0.3 is 0 Å². The predicted molar refractivity (Wildman–Crippen MR) is 107 cm³/mol. The number of rotatable bonds is 3.